The molecule has 1 heterocycles. The van der Waals surface area contributed by atoms with Crippen LogP contribution < -0.4 is 10.6 Å². The molecule has 0 spiro atoms. The van der Waals surface area contributed by atoms with Gasteiger partial charge in [0.1, 0.15) is 0 Å². The number of ether oxygens (including phenoxy) is 1. The SMILES string of the molecule is CCOCCNC(=O)C1CNCC1C. The van der Waals surface area contributed by atoms with E-state index in [-0.39, 0.29) is 11.8 Å². The fourth-order valence-electron chi connectivity index (χ4n) is 1.68. The quantitative estimate of drug-likeness (QED) is 0.614. The lowest BCUT2D eigenvalue weighted by atomic mass is 9.97. The minimum absolute atomic E-state index is 0.136. The molecular weight excluding hydrogens is 180 g/mol. The fourth-order valence-corrected chi connectivity index (χ4v) is 1.68. The second-order valence-corrected chi connectivity index (χ2v) is 3.73. The Kier molecular flexibility index (Phi) is 4.90. The molecule has 0 aromatic heterocycles. The Morgan fingerprint density at radius 2 is 2.36 bits per heavy atom. The second kappa shape index (κ2) is 5.98. The molecule has 0 saturated carbocycles. The zero-order chi connectivity index (χ0) is 10.4. The third-order valence-corrected chi connectivity index (χ3v) is 2.60. The molecule has 0 aromatic rings. The third kappa shape index (κ3) is 3.27. The van der Waals surface area contributed by atoms with Gasteiger partial charge in [0.15, 0.2) is 0 Å². The van der Waals surface area contributed by atoms with Gasteiger partial charge in [0.05, 0.1) is 12.5 Å². The van der Waals surface area contributed by atoms with Crippen molar-refractivity contribution in [3.63, 3.8) is 0 Å². The zero-order valence-corrected chi connectivity index (χ0v) is 9.01. The molecule has 0 aliphatic carbocycles. The van der Waals surface area contributed by atoms with Crippen molar-refractivity contribution in [1.82, 2.24) is 10.6 Å². The summed E-state index contributed by atoms with van der Waals surface area (Å²) in [5, 5.41) is 6.10. The molecule has 4 heteroatoms. The van der Waals surface area contributed by atoms with E-state index in [0.717, 1.165) is 13.1 Å². The molecular formula is C10H20N2O2. The maximum absolute atomic E-state index is 11.6. The smallest absolute Gasteiger partial charge is 0.224 e. The number of carbonyl (C=O) groups is 1. The molecule has 1 saturated heterocycles. The van der Waals surface area contributed by atoms with Gasteiger partial charge in [-0.05, 0) is 19.4 Å². The topological polar surface area (TPSA) is 50.4 Å². The zero-order valence-electron chi connectivity index (χ0n) is 9.01. The van der Waals surface area contributed by atoms with E-state index >= 15 is 0 Å². The van der Waals surface area contributed by atoms with E-state index in [0.29, 0.717) is 25.7 Å². The van der Waals surface area contributed by atoms with E-state index in [1.165, 1.54) is 0 Å². The molecule has 1 fully saturated rings. The summed E-state index contributed by atoms with van der Waals surface area (Å²) in [7, 11) is 0. The van der Waals surface area contributed by atoms with Crippen LogP contribution in [0.2, 0.25) is 0 Å². The van der Waals surface area contributed by atoms with Crippen LogP contribution >= 0.6 is 0 Å². The van der Waals surface area contributed by atoms with Crippen LogP contribution in [-0.4, -0.2) is 38.8 Å². The molecule has 1 aliphatic rings. The average Bonchev–Trinajstić information content (AvgIpc) is 2.59. The van der Waals surface area contributed by atoms with Crippen LogP contribution in [0.5, 0.6) is 0 Å². The number of carbonyl (C=O) groups excluding carboxylic acids is 1. The maximum Gasteiger partial charge on any atom is 0.224 e. The van der Waals surface area contributed by atoms with E-state index in [4.69, 9.17) is 4.74 Å². The van der Waals surface area contributed by atoms with Gasteiger partial charge in [0.25, 0.3) is 0 Å². The lowest BCUT2D eigenvalue weighted by molar-refractivity contribution is -0.125. The van der Waals surface area contributed by atoms with Crippen LogP contribution in [0.1, 0.15) is 13.8 Å². The number of hydrogen-bond donors (Lipinski definition) is 2. The lowest BCUT2D eigenvalue weighted by Gasteiger charge is -2.13. The Morgan fingerprint density at radius 1 is 1.57 bits per heavy atom. The van der Waals surface area contributed by atoms with E-state index in [1.54, 1.807) is 0 Å². The highest BCUT2D eigenvalue weighted by molar-refractivity contribution is 5.79. The molecule has 1 rings (SSSR count). The highest BCUT2D eigenvalue weighted by atomic mass is 16.5. The van der Waals surface area contributed by atoms with Gasteiger partial charge in [-0.25, -0.2) is 0 Å². The van der Waals surface area contributed by atoms with Crippen molar-refractivity contribution in [3.8, 4) is 0 Å². The fraction of sp³-hybridized carbons (Fsp3) is 0.900. The summed E-state index contributed by atoms with van der Waals surface area (Å²) in [4.78, 5) is 11.6. The van der Waals surface area contributed by atoms with Gasteiger partial charge < -0.3 is 15.4 Å². The van der Waals surface area contributed by atoms with E-state index in [9.17, 15) is 4.79 Å². The van der Waals surface area contributed by atoms with Crippen molar-refractivity contribution < 1.29 is 9.53 Å². The Morgan fingerprint density at radius 3 is 2.93 bits per heavy atom. The summed E-state index contributed by atoms with van der Waals surface area (Å²) in [5.41, 5.74) is 0. The van der Waals surface area contributed by atoms with Crippen molar-refractivity contribution >= 4 is 5.91 Å². The summed E-state index contributed by atoms with van der Waals surface area (Å²) < 4.78 is 5.14. The van der Waals surface area contributed by atoms with Crippen LogP contribution in [0.3, 0.4) is 0 Å². The average molecular weight is 200 g/mol. The van der Waals surface area contributed by atoms with Crippen molar-refractivity contribution in [1.29, 1.82) is 0 Å². The molecule has 2 unspecified atom stereocenters. The van der Waals surface area contributed by atoms with Crippen molar-refractivity contribution in [2.45, 2.75) is 13.8 Å². The van der Waals surface area contributed by atoms with Gasteiger partial charge in [-0.15, -0.1) is 0 Å². The Balaban J connectivity index is 2.14. The van der Waals surface area contributed by atoms with Crippen molar-refractivity contribution in [2.75, 3.05) is 32.8 Å². The van der Waals surface area contributed by atoms with Gasteiger partial charge in [-0.1, -0.05) is 6.92 Å². The summed E-state index contributed by atoms with van der Waals surface area (Å²) in [6.07, 6.45) is 0. The molecule has 1 aliphatic heterocycles. The van der Waals surface area contributed by atoms with Gasteiger partial charge >= 0.3 is 0 Å². The number of hydrogen-bond acceptors (Lipinski definition) is 3. The molecule has 0 bridgehead atoms. The molecule has 0 aromatic carbocycles. The molecule has 14 heavy (non-hydrogen) atoms. The first-order valence-electron chi connectivity index (χ1n) is 5.32. The van der Waals surface area contributed by atoms with Gasteiger partial charge in [0, 0.05) is 19.7 Å². The van der Waals surface area contributed by atoms with E-state index in [1.807, 2.05) is 6.92 Å². The predicted molar refractivity (Wildman–Crippen MR) is 55.0 cm³/mol. The summed E-state index contributed by atoms with van der Waals surface area (Å²) in [6.45, 7) is 7.74. The molecule has 82 valence electrons. The minimum Gasteiger partial charge on any atom is -0.380 e. The van der Waals surface area contributed by atoms with Gasteiger partial charge in [-0.3, -0.25) is 4.79 Å². The number of rotatable bonds is 5. The van der Waals surface area contributed by atoms with Crippen molar-refractivity contribution in [2.24, 2.45) is 11.8 Å². The second-order valence-electron chi connectivity index (χ2n) is 3.73. The monoisotopic (exact) mass is 200 g/mol. The van der Waals surface area contributed by atoms with Gasteiger partial charge in [0.2, 0.25) is 5.91 Å². The number of nitrogens with one attached hydrogen (secondary N) is 2. The van der Waals surface area contributed by atoms with Crippen LogP contribution in [0.25, 0.3) is 0 Å². The Bertz CT molecular complexity index is 185. The first-order valence-corrected chi connectivity index (χ1v) is 5.32. The van der Waals surface area contributed by atoms with Crippen LogP contribution in [-0.2, 0) is 9.53 Å². The Hall–Kier alpha value is -0.610. The third-order valence-electron chi connectivity index (χ3n) is 2.60. The van der Waals surface area contributed by atoms with E-state index < -0.39 is 0 Å². The molecule has 2 N–H and O–H groups in total. The number of amides is 1. The molecule has 0 radical (unpaired) electrons. The normalized spacial score (nSPS) is 26.4. The van der Waals surface area contributed by atoms with E-state index in [2.05, 4.69) is 17.6 Å². The largest absolute Gasteiger partial charge is 0.380 e. The molecule has 1 amide bonds. The highest BCUT2D eigenvalue weighted by Gasteiger charge is 2.28. The predicted octanol–water partition coefficient (Wildman–Crippen LogP) is -0.00540. The Labute approximate surface area is 85.4 Å². The van der Waals surface area contributed by atoms with Crippen LogP contribution in [0.15, 0.2) is 0 Å². The summed E-state index contributed by atoms with van der Waals surface area (Å²) in [5.74, 6) is 0.737. The van der Waals surface area contributed by atoms with Gasteiger partial charge in [-0.2, -0.15) is 0 Å². The molecule has 2 atom stereocenters. The lowest BCUT2D eigenvalue weighted by Crippen LogP contribution is -2.36. The first kappa shape index (κ1) is 11.5. The van der Waals surface area contributed by atoms with Crippen LogP contribution in [0.4, 0.5) is 0 Å². The summed E-state index contributed by atoms with van der Waals surface area (Å²) in [6, 6.07) is 0. The maximum atomic E-state index is 11.6. The highest BCUT2D eigenvalue weighted by Crippen LogP contribution is 2.15. The van der Waals surface area contributed by atoms with Crippen LogP contribution in [0, 0.1) is 11.8 Å². The molecule has 4 nitrogen and oxygen atoms in total. The standard InChI is InChI=1S/C10H20N2O2/c1-3-14-5-4-12-10(13)9-7-11-6-8(9)2/h8-9,11H,3-7H2,1-2H3,(H,12,13). The summed E-state index contributed by atoms with van der Waals surface area (Å²) >= 11 is 0. The first-order chi connectivity index (χ1) is 6.75. The minimum atomic E-state index is 0.136. The van der Waals surface area contributed by atoms with Crippen molar-refractivity contribution in [3.05, 3.63) is 0 Å².